The molecule has 4 aromatic rings. The van der Waals surface area contributed by atoms with E-state index in [2.05, 4.69) is 15.6 Å². The average Bonchev–Trinajstić information content (AvgIpc) is 2.93. The molecular formula is C30H28ClN3O3. The van der Waals surface area contributed by atoms with Gasteiger partial charge in [-0.2, -0.15) is 0 Å². The third kappa shape index (κ3) is 7.92. The third-order valence-corrected chi connectivity index (χ3v) is 5.92. The van der Waals surface area contributed by atoms with Crippen molar-refractivity contribution in [2.45, 2.75) is 12.8 Å². The highest BCUT2D eigenvalue weighted by molar-refractivity contribution is 6.31. The number of anilines is 1. The van der Waals surface area contributed by atoms with E-state index in [1.54, 1.807) is 42.6 Å². The number of ether oxygens (including phenoxy) is 1. The summed E-state index contributed by atoms with van der Waals surface area (Å²) in [6, 6.07) is 24.0. The molecule has 37 heavy (non-hydrogen) atoms. The van der Waals surface area contributed by atoms with Gasteiger partial charge in [0.2, 0.25) is 0 Å². The van der Waals surface area contributed by atoms with Crippen molar-refractivity contribution < 1.29 is 14.3 Å². The van der Waals surface area contributed by atoms with Gasteiger partial charge in [0.25, 0.3) is 5.91 Å². The number of benzene rings is 3. The summed E-state index contributed by atoms with van der Waals surface area (Å²) in [6.07, 6.45) is 6.81. The Morgan fingerprint density at radius 3 is 2.51 bits per heavy atom. The van der Waals surface area contributed by atoms with Gasteiger partial charge in [-0.3, -0.25) is 14.6 Å². The number of ketones is 1. The third-order valence-electron chi connectivity index (χ3n) is 5.68. The number of unbranched alkanes of at least 4 members (excludes halogenated alkanes) is 1. The van der Waals surface area contributed by atoms with Crippen molar-refractivity contribution >= 4 is 46.0 Å². The van der Waals surface area contributed by atoms with E-state index in [-0.39, 0.29) is 18.3 Å². The van der Waals surface area contributed by atoms with Gasteiger partial charge >= 0.3 is 0 Å². The zero-order valence-electron chi connectivity index (χ0n) is 20.3. The molecule has 0 unspecified atom stereocenters. The number of hydrogen-bond acceptors (Lipinski definition) is 5. The largest absolute Gasteiger partial charge is 0.484 e. The van der Waals surface area contributed by atoms with E-state index in [1.807, 2.05) is 54.6 Å². The number of amides is 1. The molecular weight excluding hydrogens is 486 g/mol. The maximum Gasteiger partial charge on any atom is 0.257 e. The van der Waals surface area contributed by atoms with Crippen LogP contribution in [0.5, 0.6) is 5.75 Å². The fraction of sp³-hybridized carbons (Fsp3) is 0.167. The van der Waals surface area contributed by atoms with E-state index in [9.17, 15) is 9.59 Å². The number of nitrogens with one attached hydrogen (secondary N) is 2. The Hall–Kier alpha value is -4.16. The van der Waals surface area contributed by atoms with Gasteiger partial charge in [0.1, 0.15) is 5.75 Å². The SMILES string of the molecule is O=C(COc1ccc(/C=C/C(=O)c2ccccc2)cc1)NCCCCNc1ccnc2cc(Cl)ccc12. The molecule has 3 aromatic carbocycles. The molecule has 0 saturated carbocycles. The molecule has 0 radical (unpaired) electrons. The smallest absolute Gasteiger partial charge is 0.257 e. The maximum atomic E-state index is 12.2. The van der Waals surface area contributed by atoms with E-state index in [1.165, 1.54) is 0 Å². The molecule has 0 atom stereocenters. The zero-order valence-corrected chi connectivity index (χ0v) is 21.1. The Morgan fingerprint density at radius 2 is 1.70 bits per heavy atom. The molecule has 188 valence electrons. The second kappa shape index (κ2) is 13.2. The van der Waals surface area contributed by atoms with Crippen LogP contribution in [0.3, 0.4) is 0 Å². The molecule has 0 aliphatic rings. The van der Waals surface area contributed by atoms with Gasteiger partial charge in [0.15, 0.2) is 12.4 Å². The van der Waals surface area contributed by atoms with Gasteiger partial charge < -0.3 is 15.4 Å². The molecule has 0 spiro atoms. The van der Waals surface area contributed by atoms with Crippen LogP contribution in [0.25, 0.3) is 17.0 Å². The van der Waals surface area contributed by atoms with Crippen LogP contribution < -0.4 is 15.4 Å². The van der Waals surface area contributed by atoms with Crippen molar-refractivity contribution in [3.63, 3.8) is 0 Å². The topological polar surface area (TPSA) is 80.3 Å². The summed E-state index contributed by atoms with van der Waals surface area (Å²) in [7, 11) is 0. The Morgan fingerprint density at radius 1 is 0.919 bits per heavy atom. The summed E-state index contributed by atoms with van der Waals surface area (Å²) >= 11 is 6.04. The van der Waals surface area contributed by atoms with Crippen molar-refractivity contribution in [3.05, 3.63) is 107 Å². The predicted octanol–water partition coefficient (Wildman–Crippen LogP) is 6.17. The summed E-state index contributed by atoms with van der Waals surface area (Å²) in [5.74, 6) is 0.378. The van der Waals surface area contributed by atoms with Crippen LogP contribution >= 0.6 is 11.6 Å². The lowest BCUT2D eigenvalue weighted by atomic mass is 10.1. The highest BCUT2D eigenvalue weighted by Crippen LogP contribution is 2.24. The highest BCUT2D eigenvalue weighted by atomic mass is 35.5. The molecule has 2 N–H and O–H groups in total. The van der Waals surface area contributed by atoms with Gasteiger partial charge in [-0.05, 0) is 60.9 Å². The summed E-state index contributed by atoms with van der Waals surface area (Å²) in [4.78, 5) is 28.6. The number of hydrogen-bond donors (Lipinski definition) is 2. The van der Waals surface area contributed by atoms with E-state index >= 15 is 0 Å². The van der Waals surface area contributed by atoms with Gasteiger partial charge in [-0.1, -0.05) is 60.1 Å². The highest BCUT2D eigenvalue weighted by Gasteiger charge is 2.05. The van der Waals surface area contributed by atoms with Crippen LogP contribution in [-0.4, -0.2) is 36.4 Å². The number of rotatable bonds is 12. The Bertz CT molecular complexity index is 1370. The van der Waals surface area contributed by atoms with Gasteiger partial charge in [-0.25, -0.2) is 0 Å². The van der Waals surface area contributed by atoms with Crippen LogP contribution in [0.15, 0.2) is 91.1 Å². The number of carbonyl (C=O) groups excluding carboxylic acids is 2. The first-order valence-electron chi connectivity index (χ1n) is 12.1. The molecule has 0 fully saturated rings. The Labute approximate surface area is 221 Å². The van der Waals surface area contributed by atoms with Crippen LogP contribution in [0.2, 0.25) is 5.02 Å². The standard InChI is InChI=1S/C30H28ClN3O3/c31-24-11-14-26-27(16-19-33-28(26)20-24)32-17-4-5-18-34-30(36)21-37-25-12-8-22(9-13-25)10-15-29(35)23-6-2-1-3-7-23/h1-3,6-16,19-20H,4-5,17-18,21H2,(H,32,33)(H,34,36)/b15-10+. The Balaban J connectivity index is 1.12. The number of halogens is 1. The van der Waals surface area contributed by atoms with Crippen molar-refractivity contribution in [1.82, 2.24) is 10.3 Å². The fourth-order valence-electron chi connectivity index (χ4n) is 3.72. The molecule has 1 aromatic heterocycles. The first kappa shape index (κ1) is 25.9. The second-order valence-electron chi connectivity index (χ2n) is 8.43. The summed E-state index contributed by atoms with van der Waals surface area (Å²) in [6.45, 7) is 1.31. The monoisotopic (exact) mass is 513 g/mol. The molecule has 0 bridgehead atoms. The molecule has 0 saturated heterocycles. The fourth-order valence-corrected chi connectivity index (χ4v) is 3.89. The Kier molecular flexibility index (Phi) is 9.27. The first-order valence-corrected chi connectivity index (χ1v) is 12.5. The van der Waals surface area contributed by atoms with E-state index < -0.39 is 0 Å². The first-order chi connectivity index (χ1) is 18.1. The molecule has 1 amide bonds. The number of carbonyl (C=O) groups is 2. The van der Waals surface area contributed by atoms with E-state index in [0.29, 0.717) is 22.9 Å². The number of allylic oxidation sites excluding steroid dienone is 1. The number of nitrogens with zero attached hydrogens (tertiary/aromatic N) is 1. The average molecular weight is 514 g/mol. The van der Waals surface area contributed by atoms with Gasteiger partial charge in [0, 0.05) is 40.9 Å². The molecule has 4 rings (SSSR count). The van der Waals surface area contributed by atoms with Crippen molar-refractivity contribution in [2.24, 2.45) is 0 Å². The minimum atomic E-state index is -0.164. The van der Waals surface area contributed by atoms with E-state index in [4.69, 9.17) is 16.3 Å². The van der Waals surface area contributed by atoms with Crippen molar-refractivity contribution in [1.29, 1.82) is 0 Å². The normalized spacial score (nSPS) is 10.9. The molecule has 7 heteroatoms. The predicted molar refractivity (Wildman–Crippen MR) is 149 cm³/mol. The van der Waals surface area contributed by atoms with Crippen LogP contribution in [0.4, 0.5) is 5.69 Å². The van der Waals surface area contributed by atoms with Gasteiger partial charge in [0.05, 0.1) is 5.52 Å². The van der Waals surface area contributed by atoms with Crippen LogP contribution in [0.1, 0.15) is 28.8 Å². The van der Waals surface area contributed by atoms with E-state index in [0.717, 1.165) is 41.5 Å². The number of pyridine rings is 1. The molecule has 0 aliphatic carbocycles. The minimum Gasteiger partial charge on any atom is -0.484 e. The van der Waals surface area contributed by atoms with Crippen molar-refractivity contribution in [3.8, 4) is 5.75 Å². The van der Waals surface area contributed by atoms with Gasteiger partial charge in [-0.15, -0.1) is 0 Å². The molecule has 1 heterocycles. The maximum absolute atomic E-state index is 12.2. The lowest BCUT2D eigenvalue weighted by molar-refractivity contribution is -0.123. The lowest BCUT2D eigenvalue weighted by Gasteiger charge is -2.10. The molecule has 6 nitrogen and oxygen atoms in total. The summed E-state index contributed by atoms with van der Waals surface area (Å²) < 4.78 is 5.57. The van der Waals surface area contributed by atoms with Crippen LogP contribution in [0, 0.1) is 0 Å². The summed E-state index contributed by atoms with van der Waals surface area (Å²) in [5.41, 5.74) is 3.39. The lowest BCUT2D eigenvalue weighted by Crippen LogP contribution is -2.29. The zero-order chi connectivity index (χ0) is 25.9. The number of fused-ring (bicyclic) bond motifs is 1. The quantitative estimate of drug-likeness (QED) is 0.134. The molecule has 0 aliphatic heterocycles. The van der Waals surface area contributed by atoms with Crippen molar-refractivity contribution in [2.75, 3.05) is 25.0 Å². The number of aromatic nitrogens is 1. The van der Waals surface area contributed by atoms with Crippen LogP contribution in [-0.2, 0) is 4.79 Å². The second-order valence-corrected chi connectivity index (χ2v) is 8.86. The minimum absolute atomic E-state index is 0.0501. The summed E-state index contributed by atoms with van der Waals surface area (Å²) in [5, 5.41) is 8.00.